The number of hydrogen-bond donors (Lipinski definition) is 0. The summed E-state index contributed by atoms with van der Waals surface area (Å²) in [5.74, 6) is 0.893. The van der Waals surface area contributed by atoms with Crippen LogP contribution in [0.2, 0.25) is 38.8 Å². The fourth-order valence-electron chi connectivity index (χ4n) is 5.94. The van der Waals surface area contributed by atoms with Crippen LogP contribution in [-0.4, -0.2) is 47.9 Å². The van der Waals surface area contributed by atoms with Gasteiger partial charge in [0.25, 0.3) is 0 Å². The van der Waals surface area contributed by atoms with Gasteiger partial charge in [-0.1, -0.05) is 89.0 Å². The minimum absolute atomic E-state index is 0.385. The van der Waals surface area contributed by atoms with Crippen molar-refractivity contribution in [1.82, 2.24) is 0 Å². The van der Waals surface area contributed by atoms with Crippen LogP contribution in [0, 0.1) is 0 Å². The number of carbonyl (C=O) groups excluding carboxylic acids is 2. The van der Waals surface area contributed by atoms with E-state index in [1.807, 2.05) is 43.3 Å². The highest BCUT2D eigenvalue weighted by Crippen LogP contribution is 2.25. The molecule has 0 aliphatic heterocycles. The first-order chi connectivity index (χ1) is 24.3. The van der Waals surface area contributed by atoms with Gasteiger partial charge in [-0.2, -0.15) is 0 Å². The Hall–Kier alpha value is -3.41. The monoisotopic (exact) mass is 734 g/mol. The van der Waals surface area contributed by atoms with E-state index in [4.69, 9.17) is 23.1 Å². The molecule has 51 heavy (non-hydrogen) atoms. The van der Waals surface area contributed by atoms with Crippen molar-refractivity contribution in [3.63, 3.8) is 0 Å². The molecule has 0 amide bonds. The largest absolute Gasteiger partial charge is 0.494 e. The Morgan fingerprint density at radius 3 is 1.69 bits per heavy atom. The summed E-state index contributed by atoms with van der Waals surface area (Å²) in [5.41, 5.74) is 2.50. The van der Waals surface area contributed by atoms with Crippen molar-refractivity contribution in [3.8, 4) is 28.4 Å². The van der Waals surface area contributed by atoms with Crippen LogP contribution in [0.15, 0.2) is 72.8 Å². The minimum Gasteiger partial charge on any atom is -0.494 e. The molecule has 280 valence electrons. The SMILES string of the molecule is CCCCOC(=O)[C@@H](C)Oc1ccc(OC(=O)c2ccc(-c3ccc(OCCCCCCCCCCC[Si](C)(C)O[Si](C)(C)C)cc3)cc2)cc1. The van der Waals surface area contributed by atoms with E-state index < -0.39 is 34.7 Å². The van der Waals surface area contributed by atoms with Crippen molar-refractivity contribution in [2.24, 2.45) is 0 Å². The predicted molar refractivity (Wildman–Crippen MR) is 213 cm³/mol. The second-order valence-corrected chi connectivity index (χ2v) is 24.1. The molecule has 3 aromatic carbocycles. The maximum Gasteiger partial charge on any atom is 0.347 e. The molecule has 0 bridgehead atoms. The number of unbranched alkanes of at least 4 members (excludes halogenated alkanes) is 9. The average Bonchev–Trinajstić information content (AvgIpc) is 3.09. The fourth-order valence-corrected chi connectivity index (χ4v) is 14.1. The first-order valence-corrected chi connectivity index (χ1v) is 25.6. The summed E-state index contributed by atoms with van der Waals surface area (Å²) in [7, 11) is -2.89. The van der Waals surface area contributed by atoms with Gasteiger partial charge >= 0.3 is 11.9 Å². The number of hydrogen-bond acceptors (Lipinski definition) is 7. The molecule has 0 heterocycles. The molecule has 0 saturated carbocycles. The molecule has 1 atom stereocenters. The van der Waals surface area contributed by atoms with Crippen LogP contribution in [-0.2, 0) is 13.6 Å². The molecule has 0 fully saturated rings. The lowest BCUT2D eigenvalue weighted by molar-refractivity contribution is -0.151. The lowest BCUT2D eigenvalue weighted by Gasteiger charge is -2.31. The Bertz CT molecular complexity index is 1430. The summed E-state index contributed by atoms with van der Waals surface area (Å²) >= 11 is 0. The topological polar surface area (TPSA) is 80.3 Å². The molecule has 0 unspecified atom stereocenters. The summed E-state index contributed by atoms with van der Waals surface area (Å²) in [6, 6.07) is 23.3. The van der Waals surface area contributed by atoms with E-state index in [0.717, 1.165) is 42.7 Å². The quantitative estimate of drug-likeness (QED) is 0.0392. The lowest BCUT2D eigenvalue weighted by Crippen LogP contribution is -2.42. The number of carbonyl (C=O) groups is 2. The van der Waals surface area contributed by atoms with E-state index in [0.29, 0.717) is 23.7 Å². The van der Waals surface area contributed by atoms with Crippen molar-refractivity contribution in [2.45, 2.75) is 129 Å². The van der Waals surface area contributed by atoms with Crippen LogP contribution < -0.4 is 14.2 Å². The van der Waals surface area contributed by atoms with Gasteiger partial charge in [0.2, 0.25) is 0 Å². The summed E-state index contributed by atoms with van der Waals surface area (Å²) < 4.78 is 28.8. The zero-order valence-electron chi connectivity index (χ0n) is 32.3. The minimum atomic E-state index is -1.48. The van der Waals surface area contributed by atoms with Crippen LogP contribution in [0.5, 0.6) is 17.2 Å². The number of rotatable bonds is 24. The molecule has 3 aromatic rings. The first-order valence-electron chi connectivity index (χ1n) is 19.0. The molecular formula is C42H62O7Si2. The molecule has 0 saturated heterocycles. The first kappa shape index (κ1) is 42.0. The maximum atomic E-state index is 12.8. The van der Waals surface area contributed by atoms with Crippen molar-refractivity contribution in [2.75, 3.05) is 13.2 Å². The van der Waals surface area contributed by atoms with Gasteiger partial charge in [0.15, 0.2) is 22.7 Å². The zero-order valence-corrected chi connectivity index (χ0v) is 34.3. The molecule has 7 nitrogen and oxygen atoms in total. The summed E-state index contributed by atoms with van der Waals surface area (Å²) in [4.78, 5) is 24.8. The van der Waals surface area contributed by atoms with Gasteiger partial charge in [0, 0.05) is 0 Å². The van der Waals surface area contributed by atoms with Gasteiger partial charge in [-0.05, 0) is 118 Å². The van der Waals surface area contributed by atoms with Gasteiger partial charge in [0.1, 0.15) is 17.2 Å². The van der Waals surface area contributed by atoms with E-state index in [1.54, 1.807) is 43.3 Å². The summed E-state index contributed by atoms with van der Waals surface area (Å²) in [6.07, 6.45) is 12.6. The summed E-state index contributed by atoms with van der Waals surface area (Å²) in [5, 5.41) is 0. The molecule has 9 heteroatoms. The van der Waals surface area contributed by atoms with Crippen molar-refractivity contribution in [1.29, 1.82) is 0 Å². The fraction of sp³-hybridized carbons (Fsp3) is 0.524. The predicted octanol–water partition coefficient (Wildman–Crippen LogP) is 11.6. The van der Waals surface area contributed by atoms with Crippen LogP contribution in [0.1, 0.15) is 94.8 Å². The second kappa shape index (κ2) is 21.8. The highest BCUT2D eigenvalue weighted by Gasteiger charge is 2.28. The summed E-state index contributed by atoms with van der Waals surface area (Å²) in [6.45, 7) is 16.5. The number of benzene rings is 3. The molecule has 0 aliphatic rings. The Morgan fingerprint density at radius 1 is 0.608 bits per heavy atom. The van der Waals surface area contributed by atoms with Crippen LogP contribution in [0.3, 0.4) is 0 Å². The van der Waals surface area contributed by atoms with Crippen LogP contribution in [0.25, 0.3) is 11.1 Å². The Labute approximate surface area is 309 Å². The van der Waals surface area contributed by atoms with Gasteiger partial charge in [0.05, 0.1) is 18.8 Å². The third kappa shape index (κ3) is 17.1. The Morgan fingerprint density at radius 2 is 1.12 bits per heavy atom. The third-order valence-corrected chi connectivity index (χ3v) is 14.7. The third-order valence-electron chi connectivity index (χ3n) is 8.50. The Balaban J connectivity index is 1.28. The average molecular weight is 735 g/mol. The molecule has 3 rings (SSSR count). The van der Waals surface area contributed by atoms with Crippen LogP contribution in [0.4, 0.5) is 0 Å². The Kier molecular flexibility index (Phi) is 18.0. The van der Waals surface area contributed by atoms with Gasteiger partial charge in [-0.3, -0.25) is 0 Å². The van der Waals surface area contributed by atoms with E-state index in [9.17, 15) is 9.59 Å². The maximum absolute atomic E-state index is 12.8. The molecule has 0 spiro atoms. The van der Waals surface area contributed by atoms with E-state index in [-0.39, 0.29) is 0 Å². The van der Waals surface area contributed by atoms with Crippen LogP contribution >= 0.6 is 0 Å². The molecule has 0 aliphatic carbocycles. The van der Waals surface area contributed by atoms with Gasteiger partial charge < -0.3 is 23.1 Å². The zero-order chi connectivity index (χ0) is 37.1. The van der Waals surface area contributed by atoms with E-state index >= 15 is 0 Å². The molecule has 0 aromatic heterocycles. The molecular weight excluding hydrogens is 673 g/mol. The van der Waals surface area contributed by atoms with Gasteiger partial charge in [-0.25, -0.2) is 9.59 Å². The second-order valence-electron chi connectivity index (χ2n) is 15.0. The normalized spacial score (nSPS) is 12.3. The lowest BCUT2D eigenvalue weighted by atomic mass is 10.0. The molecule has 0 radical (unpaired) electrons. The molecule has 0 N–H and O–H groups in total. The van der Waals surface area contributed by atoms with Crippen molar-refractivity contribution >= 4 is 28.6 Å². The van der Waals surface area contributed by atoms with Crippen molar-refractivity contribution < 1.29 is 32.7 Å². The smallest absolute Gasteiger partial charge is 0.347 e. The van der Waals surface area contributed by atoms with Crippen molar-refractivity contribution in [3.05, 3.63) is 78.4 Å². The highest BCUT2D eigenvalue weighted by atomic mass is 28.4. The van der Waals surface area contributed by atoms with E-state index in [1.165, 1.54) is 57.4 Å². The standard InChI is InChI=1S/C42H62O7Si2/c1-8-9-31-46-41(43)34(2)47-39-27-29-40(30-28-39)48-42(44)37-21-19-35(20-22-37)36-23-25-38(26-24-36)45-32-17-15-13-11-10-12-14-16-18-33-51(6,7)49-50(3,4)5/h19-30,34H,8-18,31-33H2,1-7H3/t34-/m1/s1. The van der Waals surface area contributed by atoms with E-state index in [2.05, 4.69) is 32.7 Å². The van der Waals surface area contributed by atoms with Gasteiger partial charge in [-0.15, -0.1) is 0 Å². The number of ether oxygens (including phenoxy) is 4. The highest BCUT2D eigenvalue weighted by molar-refractivity contribution is 6.84. The number of esters is 2.